The SMILES string of the molecule is CCC(C(CCCc1ccccc1)c1cccc2ccccc12)C(c1cccc2ccccc12)c1cccc2ccccc12. The van der Waals surface area contributed by atoms with E-state index in [1.165, 1.54) is 54.6 Å². The lowest BCUT2D eigenvalue weighted by Crippen LogP contribution is -2.23. The molecule has 7 rings (SSSR count). The maximum Gasteiger partial charge on any atom is 0.0136 e. The maximum absolute atomic E-state index is 2.42. The number of rotatable bonds is 10. The standard InChI is InChI=1S/C44H40/c1-2-36(40(28-12-18-32-16-4-3-5-17-32)41-29-13-22-33-19-6-9-25-37(33)41)44(42-30-14-23-34-20-7-10-26-38(34)42)43-31-15-24-35-21-8-11-27-39(35)43/h3-11,13-17,19-27,29-31,36,40,44H,2,12,18,28H2,1H3. The summed E-state index contributed by atoms with van der Waals surface area (Å²) in [5.74, 6) is 1.06. The lowest BCUT2D eigenvalue weighted by atomic mass is 9.67. The molecule has 0 aromatic heterocycles. The van der Waals surface area contributed by atoms with Crippen molar-refractivity contribution in [1.29, 1.82) is 0 Å². The predicted molar refractivity (Wildman–Crippen MR) is 190 cm³/mol. The van der Waals surface area contributed by atoms with E-state index in [0.717, 1.165) is 25.7 Å². The van der Waals surface area contributed by atoms with E-state index in [-0.39, 0.29) is 5.92 Å². The molecule has 0 saturated heterocycles. The Morgan fingerprint density at radius 1 is 0.432 bits per heavy atom. The lowest BCUT2D eigenvalue weighted by Gasteiger charge is -2.36. The maximum atomic E-state index is 2.42. The van der Waals surface area contributed by atoms with Crippen molar-refractivity contribution < 1.29 is 0 Å². The average Bonchev–Trinajstić information content (AvgIpc) is 3.09. The van der Waals surface area contributed by atoms with E-state index < -0.39 is 0 Å². The van der Waals surface area contributed by atoms with Gasteiger partial charge in [-0.1, -0.05) is 171 Å². The third-order valence-electron chi connectivity index (χ3n) is 9.78. The normalized spacial score (nSPS) is 13.0. The Hall–Kier alpha value is -4.68. The van der Waals surface area contributed by atoms with Gasteiger partial charge in [0.15, 0.2) is 0 Å². The van der Waals surface area contributed by atoms with Gasteiger partial charge in [-0.3, -0.25) is 0 Å². The lowest BCUT2D eigenvalue weighted by molar-refractivity contribution is 0.350. The van der Waals surface area contributed by atoms with E-state index in [1.807, 2.05) is 0 Å². The van der Waals surface area contributed by atoms with Crippen molar-refractivity contribution >= 4 is 32.3 Å². The van der Waals surface area contributed by atoms with E-state index in [2.05, 4.69) is 165 Å². The molecule has 0 radical (unpaired) electrons. The fourth-order valence-electron chi connectivity index (χ4n) is 7.77. The summed E-state index contributed by atoms with van der Waals surface area (Å²) in [5, 5.41) is 8.10. The van der Waals surface area contributed by atoms with Gasteiger partial charge in [0.1, 0.15) is 0 Å². The van der Waals surface area contributed by atoms with Crippen LogP contribution in [-0.2, 0) is 6.42 Å². The van der Waals surface area contributed by atoms with Gasteiger partial charge in [-0.25, -0.2) is 0 Å². The van der Waals surface area contributed by atoms with Gasteiger partial charge in [0.25, 0.3) is 0 Å². The Morgan fingerprint density at radius 2 is 0.864 bits per heavy atom. The van der Waals surface area contributed by atoms with E-state index in [1.54, 1.807) is 0 Å². The van der Waals surface area contributed by atoms with E-state index in [0.29, 0.717) is 11.8 Å². The summed E-state index contributed by atoms with van der Waals surface area (Å²) < 4.78 is 0. The van der Waals surface area contributed by atoms with Crippen molar-refractivity contribution in [3.05, 3.63) is 180 Å². The van der Waals surface area contributed by atoms with E-state index >= 15 is 0 Å². The minimum absolute atomic E-state index is 0.248. The van der Waals surface area contributed by atoms with Gasteiger partial charge in [-0.15, -0.1) is 0 Å². The molecular weight excluding hydrogens is 528 g/mol. The molecule has 0 amide bonds. The minimum Gasteiger partial charge on any atom is -0.0651 e. The summed E-state index contributed by atoms with van der Waals surface area (Å²) >= 11 is 0. The van der Waals surface area contributed by atoms with Crippen LogP contribution in [0, 0.1) is 5.92 Å². The van der Waals surface area contributed by atoms with Gasteiger partial charge in [0.05, 0.1) is 0 Å². The van der Waals surface area contributed by atoms with Gasteiger partial charge >= 0.3 is 0 Å². The molecule has 0 aliphatic heterocycles. The molecule has 0 aliphatic rings. The van der Waals surface area contributed by atoms with Crippen LogP contribution in [0.1, 0.15) is 60.3 Å². The molecular formula is C44H40. The number of fused-ring (bicyclic) bond motifs is 3. The van der Waals surface area contributed by atoms with E-state index in [4.69, 9.17) is 0 Å². The second-order valence-electron chi connectivity index (χ2n) is 12.2. The Morgan fingerprint density at radius 3 is 1.39 bits per heavy atom. The fourth-order valence-corrected chi connectivity index (χ4v) is 7.77. The molecule has 216 valence electrons. The molecule has 0 fully saturated rings. The second-order valence-corrected chi connectivity index (χ2v) is 12.2. The molecule has 2 atom stereocenters. The van der Waals surface area contributed by atoms with Gasteiger partial charge in [-0.2, -0.15) is 0 Å². The molecule has 0 N–H and O–H groups in total. The Labute approximate surface area is 262 Å². The number of hydrogen-bond acceptors (Lipinski definition) is 0. The van der Waals surface area contributed by atoms with Gasteiger partial charge < -0.3 is 0 Å². The molecule has 0 bridgehead atoms. The molecule has 0 saturated carbocycles. The van der Waals surface area contributed by atoms with Crippen molar-refractivity contribution in [1.82, 2.24) is 0 Å². The van der Waals surface area contributed by atoms with Crippen LogP contribution in [0.2, 0.25) is 0 Å². The van der Waals surface area contributed by atoms with Crippen LogP contribution in [-0.4, -0.2) is 0 Å². The topological polar surface area (TPSA) is 0 Å². The molecule has 0 nitrogen and oxygen atoms in total. The molecule has 7 aromatic carbocycles. The average molecular weight is 569 g/mol. The molecule has 0 aliphatic carbocycles. The zero-order chi connectivity index (χ0) is 29.7. The summed E-state index contributed by atoms with van der Waals surface area (Å²) in [6.07, 6.45) is 4.50. The summed E-state index contributed by atoms with van der Waals surface area (Å²) in [6, 6.07) is 58.8. The largest absolute Gasteiger partial charge is 0.0651 e. The van der Waals surface area contributed by atoms with Crippen LogP contribution < -0.4 is 0 Å². The zero-order valence-electron chi connectivity index (χ0n) is 25.6. The molecule has 0 heteroatoms. The highest BCUT2D eigenvalue weighted by molar-refractivity contribution is 5.90. The van der Waals surface area contributed by atoms with Crippen molar-refractivity contribution in [2.45, 2.75) is 44.4 Å². The third kappa shape index (κ3) is 5.53. The Kier molecular flexibility index (Phi) is 8.24. The Balaban J connectivity index is 1.43. The van der Waals surface area contributed by atoms with E-state index in [9.17, 15) is 0 Å². The smallest absolute Gasteiger partial charge is 0.0136 e. The van der Waals surface area contributed by atoms with Gasteiger partial charge in [0.2, 0.25) is 0 Å². The molecule has 7 aromatic rings. The van der Waals surface area contributed by atoms with Crippen LogP contribution in [0.4, 0.5) is 0 Å². The molecule has 0 heterocycles. The highest BCUT2D eigenvalue weighted by Crippen LogP contribution is 2.48. The quantitative estimate of drug-likeness (QED) is 0.154. The highest BCUT2D eigenvalue weighted by atomic mass is 14.4. The predicted octanol–water partition coefficient (Wildman–Crippen LogP) is 12.1. The number of hydrogen-bond donors (Lipinski definition) is 0. The summed E-state index contributed by atoms with van der Waals surface area (Å²) in [4.78, 5) is 0. The van der Waals surface area contributed by atoms with Crippen molar-refractivity contribution in [2.75, 3.05) is 0 Å². The zero-order valence-corrected chi connectivity index (χ0v) is 25.6. The first kappa shape index (κ1) is 28.1. The van der Waals surface area contributed by atoms with Crippen molar-refractivity contribution in [3.63, 3.8) is 0 Å². The second kappa shape index (κ2) is 12.9. The molecule has 44 heavy (non-hydrogen) atoms. The molecule has 0 spiro atoms. The van der Waals surface area contributed by atoms with Crippen molar-refractivity contribution in [2.24, 2.45) is 5.92 Å². The van der Waals surface area contributed by atoms with Crippen molar-refractivity contribution in [3.8, 4) is 0 Å². The summed E-state index contributed by atoms with van der Waals surface area (Å²) in [6.45, 7) is 2.42. The monoisotopic (exact) mass is 568 g/mol. The van der Waals surface area contributed by atoms with Crippen LogP contribution in [0.3, 0.4) is 0 Å². The molecule has 2 unspecified atom stereocenters. The minimum atomic E-state index is 0.248. The van der Waals surface area contributed by atoms with Crippen LogP contribution in [0.15, 0.2) is 158 Å². The number of aryl methyl sites for hydroxylation is 1. The first-order valence-corrected chi connectivity index (χ1v) is 16.3. The Bertz CT molecular complexity index is 1910. The summed E-state index contributed by atoms with van der Waals surface area (Å²) in [7, 11) is 0. The first-order chi connectivity index (χ1) is 21.8. The van der Waals surface area contributed by atoms with Crippen LogP contribution in [0.5, 0.6) is 0 Å². The highest BCUT2D eigenvalue weighted by Gasteiger charge is 2.34. The van der Waals surface area contributed by atoms with Crippen LogP contribution in [0.25, 0.3) is 32.3 Å². The number of benzene rings is 7. The fraction of sp³-hybridized carbons (Fsp3) is 0.182. The van der Waals surface area contributed by atoms with Crippen LogP contribution >= 0.6 is 0 Å². The first-order valence-electron chi connectivity index (χ1n) is 16.3. The third-order valence-corrected chi connectivity index (χ3v) is 9.78. The van der Waals surface area contributed by atoms with Gasteiger partial charge in [0, 0.05) is 5.92 Å². The summed E-state index contributed by atoms with van der Waals surface area (Å²) in [5.41, 5.74) is 5.81. The van der Waals surface area contributed by atoms with Gasteiger partial charge in [-0.05, 0) is 85.7 Å².